The molecular formula is C14H22N2O2. The van der Waals surface area contributed by atoms with Crippen molar-refractivity contribution in [3.05, 3.63) is 17.7 Å². The molecule has 0 aliphatic carbocycles. The summed E-state index contributed by atoms with van der Waals surface area (Å²) in [5.41, 5.74) is 1.21. The zero-order valence-corrected chi connectivity index (χ0v) is 10.8. The van der Waals surface area contributed by atoms with Crippen LogP contribution in [0.15, 0.2) is 6.20 Å². The molecule has 4 heteroatoms. The number of aromatic nitrogens is 2. The standard InChI is InChI=1S/C14H22N2O2/c17-10-13-2-1-3-14-15-12(9-16(13)14)8-11-4-6-18-7-5-11/h9,11,13,17H,1-8,10H2. The fraction of sp³-hybridized carbons (Fsp3) is 0.786. The highest BCUT2D eigenvalue weighted by Gasteiger charge is 2.22. The molecule has 18 heavy (non-hydrogen) atoms. The van der Waals surface area contributed by atoms with E-state index in [1.807, 2.05) is 0 Å². The molecule has 0 radical (unpaired) electrons. The second-order valence-corrected chi connectivity index (χ2v) is 5.54. The predicted molar refractivity (Wildman–Crippen MR) is 68.5 cm³/mol. The summed E-state index contributed by atoms with van der Waals surface area (Å²) in [6.07, 6.45) is 8.85. The Kier molecular flexibility index (Phi) is 3.66. The molecule has 1 unspecified atom stereocenters. The number of aliphatic hydroxyl groups excluding tert-OH is 1. The molecule has 0 amide bonds. The molecular weight excluding hydrogens is 228 g/mol. The van der Waals surface area contributed by atoms with E-state index >= 15 is 0 Å². The Labute approximate surface area is 108 Å². The van der Waals surface area contributed by atoms with E-state index in [0.29, 0.717) is 0 Å². The van der Waals surface area contributed by atoms with Crippen LogP contribution < -0.4 is 0 Å². The molecule has 1 aromatic heterocycles. The van der Waals surface area contributed by atoms with Crippen LogP contribution in [0.2, 0.25) is 0 Å². The quantitative estimate of drug-likeness (QED) is 0.888. The van der Waals surface area contributed by atoms with Gasteiger partial charge in [-0.2, -0.15) is 0 Å². The second-order valence-electron chi connectivity index (χ2n) is 5.54. The lowest BCUT2D eigenvalue weighted by molar-refractivity contribution is 0.0663. The Balaban J connectivity index is 1.71. The second kappa shape index (κ2) is 5.41. The smallest absolute Gasteiger partial charge is 0.109 e. The fourth-order valence-electron chi connectivity index (χ4n) is 3.15. The van der Waals surface area contributed by atoms with Crippen LogP contribution in [0.25, 0.3) is 0 Å². The number of imidazole rings is 1. The summed E-state index contributed by atoms with van der Waals surface area (Å²) in [7, 11) is 0. The largest absolute Gasteiger partial charge is 0.394 e. The lowest BCUT2D eigenvalue weighted by atomic mass is 9.95. The summed E-state index contributed by atoms with van der Waals surface area (Å²) in [4.78, 5) is 4.75. The summed E-state index contributed by atoms with van der Waals surface area (Å²) in [5, 5.41) is 9.40. The zero-order valence-electron chi connectivity index (χ0n) is 10.8. The number of aryl methyl sites for hydroxylation is 1. The molecule has 3 rings (SSSR count). The van der Waals surface area contributed by atoms with Gasteiger partial charge in [0, 0.05) is 25.8 Å². The van der Waals surface area contributed by atoms with Crippen molar-refractivity contribution in [2.45, 2.75) is 44.6 Å². The zero-order chi connectivity index (χ0) is 12.4. The molecule has 0 saturated carbocycles. The minimum absolute atomic E-state index is 0.236. The number of fused-ring (bicyclic) bond motifs is 1. The lowest BCUT2D eigenvalue weighted by Crippen LogP contribution is -2.20. The summed E-state index contributed by atoms with van der Waals surface area (Å²) >= 11 is 0. The number of rotatable bonds is 3. The molecule has 2 aliphatic heterocycles. The fourth-order valence-corrected chi connectivity index (χ4v) is 3.15. The first-order chi connectivity index (χ1) is 8.86. The molecule has 1 aromatic rings. The summed E-state index contributed by atoms with van der Waals surface area (Å²) in [6, 6.07) is 0.254. The van der Waals surface area contributed by atoms with E-state index in [2.05, 4.69) is 10.8 Å². The SMILES string of the molecule is OCC1CCCc2nc(CC3CCOCC3)cn21. The van der Waals surface area contributed by atoms with E-state index in [1.165, 1.54) is 11.5 Å². The van der Waals surface area contributed by atoms with Gasteiger partial charge in [-0.1, -0.05) is 0 Å². The van der Waals surface area contributed by atoms with Gasteiger partial charge in [-0.15, -0.1) is 0 Å². The third kappa shape index (κ3) is 2.45. The molecule has 1 saturated heterocycles. The third-order valence-electron chi connectivity index (χ3n) is 4.24. The molecule has 1 N–H and O–H groups in total. The highest BCUT2D eigenvalue weighted by molar-refractivity contribution is 5.09. The van der Waals surface area contributed by atoms with Crippen molar-refractivity contribution in [1.82, 2.24) is 9.55 Å². The molecule has 3 heterocycles. The first kappa shape index (κ1) is 12.2. The van der Waals surface area contributed by atoms with Crippen LogP contribution in [0.5, 0.6) is 0 Å². The maximum atomic E-state index is 9.40. The van der Waals surface area contributed by atoms with Crippen LogP contribution >= 0.6 is 0 Å². The Morgan fingerprint density at radius 2 is 2.17 bits per heavy atom. The monoisotopic (exact) mass is 250 g/mol. The number of aliphatic hydroxyl groups is 1. The third-order valence-corrected chi connectivity index (χ3v) is 4.24. The summed E-state index contributed by atoms with van der Waals surface area (Å²) < 4.78 is 7.60. The molecule has 2 aliphatic rings. The van der Waals surface area contributed by atoms with Crippen molar-refractivity contribution < 1.29 is 9.84 Å². The van der Waals surface area contributed by atoms with Gasteiger partial charge in [-0.25, -0.2) is 4.98 Å². The normalized spacial score (nSPS) is 25.1. The van der Waals surface area contributed by atoms with Crippen LogP contribution in [0.4, 0.5) is 0 Å². The van der Waals surface area contributed by atoms with E-state index in [4.69, 9.17) is 9.72 Å². The highest BCUT2D eigenvalue weighted by atomic mass is 16.5. The van der Waals surface area contributed by atoms with Crippen LogP contribution in [-0.4, -0.2) is 34.5 Å². The van der Waals surface area contributed by atoms with Crippen molar-refractivity contribution in [3.63, 3.8) is 0 Å². The number of nitrogens with zero attached hydrogens (tertiary/aromatic N) is 2. The molecule has 1 atom stereocenters. The first-order valence-electron chi connectivity index (χ1n) is 7.12. The highest BCUT2D eigenvalue weighted by Crippen LogP contribution is 2.26. The average molecular weight is 250 g/mol. The maximum Gasteiger partial charge on any atom is 0.109 e. The molecule has 4 nitrogen and oxygen atoms in total. The maximum absolute atomic E-state index is 9.40. The number of hydrogen-bond donors (Lipinski definition) is 1. The van der Waals surface area contributed by atoms with Gasteiger partial charge in [0.05, 0.1) is 18.3 Å². The van der Waals surface area contributed by atoms with Gasteiger partial charge in [-0.05, 0) is 38.0 Å². The first-order valence-corrected chi connectivity index (χ1v) is 7.12. The average Bonchev–Trinajstić information content (AvgIpc) is 2.82. The Morgan fingerprint density at radius 3 is 2.94 bits per heavy atom. The number of hydrogen-bond acceptors (Lipinski definition) is 3. The van der Waals surface area contributed by atoms with Crippen LogP contribution in [0, 0.1) is 5.92 Å². The van der Waals surface area contributed by atoms with Crippen LogP contribution in [0.3, 0.4) is 0 Å². The van der Waals surface area contributed by atoms with E-state index in [1.54, 1.807) is 0 Å². The van der Waals surface area contributed by atoms with Crippen molar-refractivity contribution >= 4 is 0 Å². The van der Waals surface area contributed by atoms with Crippen molar-refractivity contribution in [1.29, 1.82) is 0 Å². The van der Waals surface area contributed by atoms with Gasteiger partial charge in [0.25, 0.3) is 0 Å². The topological polar surface area (TPSA) is 47.3 Å². The predicted octanol–water partition coefficient (Wildman–Crippen LogP) is 1.72. The van der Waals surface area contributed by atoms with Crippen molar-refractivity contribution in [3.8, 4) is 0 Å². The van der Waals surface area contributed by atoms with Gasteiger partial charge >= 0.3 is 0 Å². The van der Waals surface area contributed by atoms with Gasteiger partial charge in [-0.3, -0.25) is 0 Å². The van der Waals surface area contributed by atoms with Crippen LogP contribution in [-0.2, 0) is 17.6 Å². The van der Waals surface area contributed by atoms with E-state index in [9.17, 15) is 5.11 Å². The molecule has 1 fully saturated rings. The molecule has 100 valence electrons. The van der Waals surface area contributed by atoms with E-state index in [0.717, 1.165) is 57.7 Å². The van der Waals surface area contributed by atoms with Gasteiger partial charge in [0.2, 0.25) is 0 Å². The summed E-state index contributed by atoms with van der Waals surface area (Å²) in [5.74, 6) is 1.89. The summed E-state index contributed by atoms with van der Waals surface area (Å²) in [6.45, 7) is 2.04. The Hall–Kier alpha value is -0.870. The Morgan fingerprint density at radius 1 is 1.33 bits per heavy atom. The Bertz CT molecular complexity index is 396. The minimum Gasteiger partial charge on any atom is -0.394 e. The number of ether oxygens (including phenoxy) is 1. The molecule has 0 bridgehead atoms. The molecule has 0 spiro atoms. The van der Waals surface area contributed by atoms with Crippen molar-refractivity contribution in [2.75, 3.05) is 19.8 Å². The minimum atomic E-state index is 0.236. The van der Waals surface area contributed by atoms with Gasteiger partial charge < -0.3 is 14.4 Å². The molecule has 0 aromatic carbocycles. The van der Waals surface area contributed by atoms with E-state index in [-0.39, 0.29) is 12.6 Å². The van der Waals surface area contributed by atoms with Crippen LogP contribution in [0.1, 0.15) is 43.2 Å². The van der Waals surface area contributed by atoms with Gasteiger partial charge in [0.1, 0.15) is 5.82 Å². The lowest BCUT2D eigenvalue weighted by Gasteiger charge is -2.22. The van der Waals surface area contributed by atoms with Crippen molar-refractivity contribution in [2.24, 2.45) is 5.92 Å². The van der Waals surface area contributed by atoms with E-state index < -0.39 is 0 Å². The van der Waals surface area contributed by atoms with Gasteiger partial charge in [0.15, 0.2) is 0 Å².